The van der Waals surface area contributed by atoms with E-state index in [4.69, 9.17) is 47.3 Å². The van der Waals surface area contributed by atoms with Crippen LogP contribution in [0.15, 0.2) is 109 Å². The number of hydrogen-bond acceptors (Lipinski definition) is 7. The minimum absolute atomic E-state index is 0.0345. The first kappa shape index (κ1) is 43.6. The van der Waals surface area contributed by atoms with Crippen molar-refractivity contribution in [1.82, 2.24) is 15.2 Å². The number of halogens is 4. The first-order chi connectivity index (χ1) is 29.9. The van der Waals surface area contributed by atoms with Crippen LogP contribution in [-0.4, -0.2) is 52.5 Å². The van der Waals surface area contributed by atoms with E-state index < -0.39 is 29.7 Å². The normalized spacial score (nSPS) is 15.1. The van der Waals surface area contributed by atoms with Gasteiger partial charge in [-0.2, -0.15) is 0 Å². The first-order valence-corrected chi connectivity index (χ1v) is 20.4. The van der Waals surface area contributed by atoms with Gasteiger partial charge in [0, 0.05) is 37.0 Å². The van der Waals surface area contributed by atoms with E-state index in [1.807, 2.05) is 67.6 Å². The molecule has 62 heavy (non-hydrogen) atoms. The maximum absolute atomic E-state index is 14.3. The van der Waals surface area contributed by atoms with Crippen molar-refractivity contribution in [3.8, 4) is 28.4 Å². The molecule has 2 aliphatic rings. The molecule has 2 unspecified atom stereocenters. The van der Waals surface area contributed by atoms with E-state index in [1.54, 1.807) is 18.3 Å². The summed E-state index contributed by atoms with van der Waals surface area (Å²) in [4.78, 5) is 42.0. The summed E-state index contributed by atoms with van der Waals surface area (Å²) < 4.78 is 46.8. The molecule has 2 atom stereocenters. The molecular formula is C48H41Cl2F2N3O7. The Morgan fingerprint density at radius 1 is 0.887 bits per heavy atom. The molecule has 6 aromatic rings. The molecule has 3 heterocycles. The Hall–Kier alpha value is -6.50. The molecule has 2 aliphatic heterocycles. The Morgan fingerprint density at radius 3 is 2.34 bits per heavy atom. The van der Waals surface area contributed by atoms with Crippen LogP contribution in [0.2, 0.25) is 10.0 Å². The predicted molar refractivity (Wildman–Crippen MR) is 231 cm³/mol. The monoisotopic (exact) mass is 879 g/mol. The second kappa shape index (κ2) is 19.5. The topological polar surface area (TPSA) is 127 Å². The third kappa shape index (κ3) is 9.99. The van der Waals surface area contributed by atoms with Crippen molar-refractivity contribution in [3.05, 3.63) is 176 Å². The Bertz CT molecular complexity index is 2610. The largest absolute Gasteiger partial charge is 0.489 e. The van der Waals surface area contributed by atoms with Crippen LogP contribution >= 0.6 is 23.2 Å². The Kier molecular flexibility index (Phi) is 13.7. The summed E-state index contributed by atoms with van der Waals surface area (Å²) >= 11 is 12.2. The molecule has 5 aromatic carbocycles. The quantitative estimate of drug-likeness (QED) is 0.130. The van der Waals surface area contributed by atoms with Crippen LogP contribution in [0, 0.1) is 25.5 Å². The number of pyridine rings is 1. The lowest BCUT2D eigenvalue weighted by Crippen LogP contribution is -2.52. The number of carbonyl (C=O) groups excluding carboxylic acids is 2. The molecular weight excluding hydrogens is 839 g/mol. The van der Waals surface area contributed by atoms with Gasteiger partial charge >= 0.3 is 0 Å². The number of hydrogen-bond donors (Lipinski definition) is 2. The molecule has 2 amide bonds. The van der Waals surface area contributed by atoms with Crippen molar-refractivity contribution in [2.45, 2.75) is 52.0 Å². The van der Waals surface area contributed by atoms with Crippen LogP contribution in [0.3, 0.4) is 0 Å². The smallest absolute Gasteiger partial charge is 0.290 e. The molecule has 318 valence electrons. The zero-order chi connectivity index (χ0) is 43.9. The molecule has 0 bridgehead atoms. The highest BCUT2D eigenvalue weighted by molar-refractivity contribution is 6.42. The number of carbonyl (C=O) groups is 3. The third-order valence-corrected chi connectivity index (χ3v) is 11.6. The minimum atomic E-state index is -1.15. The number of rotatable bonds is 10. The predicted octanol–water partition coefficient (Wildman–Crippen LogP) is 9.67. The van der Waals surface area contributed by atoms with Crippen LogP contribution in [0.4, 0.5) is 8.78 Å². The van der Waals surface area contributed by atoms with Gasteiger partial charge < -0.3 is 29.5 Å². The van der Waals surface area contributed by atoms with Crippen LogP contribution < -0.4 is 19.5 Å². The summed E-state index contributed by atoms with van der Waals surface area (Å²) in [6, 6.07) is 28.8. The van der Waals surface area contributed by atoms with E-state index in [9.17, 15) is 18.4 Å². The van der Waals surface area contributed by atoms with Crippen molar-refractivity contribution in [1.29, 1.82) is 0 Å². The highest BCUT2D eigenvalue weighted by Gasteiger charge is 2.37. The number of fused-ring (bicyclic) bond motifs is 2. The van der Waals surface area contributed by atoms with E-state index >= 15 is 0 Å². The van der Waals surface area contributed by atoms with E-state index in [0.29, 0.717) is 46.9 Å². The van der Waals surface area contributed by atoms with Crippen molar-refractivity contribution in [2.24, 2.45) is 0 Å². The lowest BCUT2D eigenvalue weighted by molar-refractivity contribution is -0.126. The second-order valence-electron chi connectivity index (χ2n) is 14.8. The van der Waals surface area contributed by atoms with Gasteiger partial charge in [0.15, 0.2) is 29.2 Å². The van der Waals surface area contributed by atoms with Gasteiger partial charge in [0.1, 0.15) is 25.0 Å². The number of nitrogens with zero attached hydrogens (tertiary/aromatic N) is 2. The summed E-state index contributed by atoms with van der Waals surface area (Å²) in [6.45, 7) is 4.72. The molecule has 14 heteroatoms. The van der Waals surface area contributed by atoms with Gasteiger partial charge in [-0.25, -0.2) is 8.78 Å². The third-order valence-electron chi connectivity index (χ3n) is 10.9. The summed E-state index contributed by atoms with van der Waals surface area (Å²) in [5, 5.41) is 10.8. The molecule has 0 saturated heterocycles. The van der Waals surface area contributed by atoms with Gasteiger partial charge in [-0.05, 0) is 125 Å². The fraction of sp³-hybridized carbons (Fsp3) is 0.208. The van der Waals surface area contributed by atoms with Crippen LogP contribution in [0.5, 0.6) is 17.2 Å². The molecule has 0 saturated carbocycles. The van der Waals surface area contributed by atoms with Crippen LogP contribution in [-0.2, 0) is 35.6 Å². The lowest BCUT2D eigenvalue weighted by atomic mass is 9.91. The molecule has 0 aliphatic carbocycles. The zero-order valence-corrected chi connectivity index (χ0v) is 35.2. The van der Waals surface area contributed by atoms with Crippen LogP contribution in [0.1, 0.15) is 55.5 Å². The molecule has 0 spiro atoms. The van der Waals surface area contributed by atoms with E-state index in [0.717, 1.165) is 62.3 Å². The number of aryl methyl sites for hydroxylation is 1. The SMILES string of the molecule is Cc1nccc(-c2ccc(CCNC(=O)C3Cc4cc5c(cc4CN3C(=O)c3ccc(F)c(F)c3)OC(c3ccc(OCc4ccc(Cl)c(Cl)c4)cc3)CO5)cc2)c1C.O=CO. The Labute approximate surface area is 367 Å². The number of carboxylic acid groups (broad SMARTS) is 1. The average Bonchev–Trinajstić information content (AvgIpc) is 3.27. The van der Waals surface area contributed by atoms with E-state index in [1.165, 1.54) is 11.0 Å². The zero-order valence-electron chi connectivity index (χ0n) is 33.7. The maximum atomic E-state index is 14.3. The molecule has 2 N–H and O–H groups in total. The van der Waals surface area contributed by atoms with Crippen molar-refractivity contribution in [2.75, 3.05) is 13.2 Å². The molecule has 10 nitrogen and oxygen atoms in total. The number of benzene rings is 5. The maximum Gasteiger partial charge on any atom is 0.290 e. The van der Waals surface area contributed by atoms with Gasteiger partial charge in [0.25, 0.3) is 12.4 Å². The minimum Gasteiger partial charge on any atom is -0.489 e. The number of ether oxygens (including phenoxy) is 3. The second-order valence-corrected chi connectivity index (χ2v) is 15.6. The Morgan fingerprint density at radius 2 is 1.61 bits per heavy atom. The molecule has 0 radical (unpaired) electrons. The van der Waals surface area contributed by atoms with E-state index in [-0.39, 0.29) is 37.5 Å². The molecule has 1 aromatic heterocycles. The number of aromatic nitrogens is 1. The van der Waals surface area contributed by atoms with Crippen molar-refractivity contribution >= 4 is 41.5 Å². The highest BCUT2D eigenvalue weighted by atomic mass is 35.5. The summed E-state index contributed by atoms with van der Waals surface area (Å²) in [5.74, 6) is -1.48. The van der Waals surface area contributed by atoms with Gasteiger partial charge in [0.2, 0.25) is 5.91 Å². The van der Waals surface area contributed by atoms with Gasteiger partial charge in [0.05, 0.1) is 10.0 Å². The Balaban J connectivity index is 0.00000187. The summed E-state index contributed by atoms with van der Waals surface area (Å²) in [6.07, 6.45) is 2.12. The fourth-order valence-corrected chi connectivity index (χ4v) is 7.71. The lowest BCUT2D eigenvalue weighted by Gasteiger charge is -2.37. The summed E-state index contributed by atoms with van der Waals surface area (Å²) in [7, 11) is 0. The van der Waals surface area contributed by atoms with Gasteiger partial charge in [-0.1, -0.05) is 65.7 Å². The average molecular weight is 881 g/mol. The number of nitrogens with one attached hydrogen (secondary N) is 1. The van der Waals surface area contributed by atoms with Gasteiger partial charge in [-0.3, -0.25) is 19.4 Å². The molecule has 8 rings (SSSR count). The van der Waals surface area contributed by atoms with Crippen molar-refractivity contribution in [3.63, 3.8) is 0 Å². The van der Waals surface area contributed by atoms with Gasteiger partial charge in [-0.15, -0.1) is 0 Å². The standard InChI is InChI=1S/C47H39Cl2F2N3O5.CH2O2/c1-27-28(2)52-18-16-37(27)31-6-3-29(4-7-31)15-17-53-46(55)42-21-34-22-43-44(23-35(34)24-54(42)47(56)33-10-14-40(50)41(51)20-33)59-45(26-58-43)32-8-11-36(12-9-32)57-25-30-5-13-38(48)39(49)19-30;2-1-3/h3-14,16,18-20,22-23,42,45H,15,17,21,24-26H2,1-2H3,(H,53,55);1H,(H,2,3). The number of amides is 2. The highest BCUT2D eigenvalue weighted by Crippen LogP contribution is 2.41. The molecule has 0 fully saturated rings. The van der Waals surface area contributed by atoms with Crippen molar-refractivity contribution < 1.29 is 42.5 Å². The van der Waals surface area contributed by atoms with E-state index in [2.05, 4.69) is 29.4 Å². The van der Waals surface area contributed by atoms with Crippen LogP contribution in [0.25, 0.3) is 11.1 Å². The first-order valence-electron chi connectivity index (χ1n) is 19.7. The summed E-state index contributed by atoms with van der Waals surface area (Å²) in [5.41, 5.74) is 8.60. The fourth-order valence-electron chi connectivity index (χ4n) is 7.38.